The second-order valence-electron chi connectivity index (χ2n) is 6.99. The maximum Gasteiger partial charge on any atom is 0.261 e. The molecule has 0 bridgehead atoms. The number of hydrogen-bond acceptors (Lipinski definition) is 4. The van der Waals surface area contributed by atoms with Crippen molar-refractivity contribution in [2.24, 2.45) is 5.92 Å². The van der Waals surface area contributed by atoms with Crippen LogP contribution in [0.3, 0.4) is 0 Å². The highest BCUT2D eigenvalue weighted by Gasteiger charge is 2.35. The molecule has 0 saturated heterocycles. The summed E-state index contributed by atoms with van der Waals surface area (Å²) in [6.45, 7) is 0.735. The standard InChI is InChI=1S/C20H22N2O4S/c1-26-17-7-9-18(10-8-17)27(24,25)21-16-6-11-19-15(13-16)3-2-12-22(19)20(23)14-4-5-14/h6-11,13-14,21H,2-5,12H2,1H3. The number of hydrogen-bond donors (Lipinski definition) is 1. The normalized spacial score (nSPS) is 16.6. The number of ether oxygens (including phenoxy) is 1. The molecule has 1 N–H and O–H groups in total. The number of nitrogens with one attached hydrogen (secondary N) is 1. The summed E-state index contributed by atoms with van der Waals surface area (Å²) in [5.41, 5.74) is 2.42. The average molecular weight is 386 g/mol. The molecular weight excluding hydrogens is 364 g/mol. The lowest BCUT2D eigenvalue weighted by molar-refractivity contribution is -0.119. The van der Waals surface area contributed by atoms with Crippen LogP contribution < -0.4 is 14.4 Å². The third-order valence-corrected chi connectivity index (χ3v) is 6.41. The Balaban J connectivity index is 1.57. The van der Waals surface area contributed by atoms with Crippen molar-refractivity contribution >= 4 is 27.3 Å². The predicted octanol–water partition coefficient (Wildman–Crippen LogP) is 3.19. The van der Waals surface area contributed by atoms with Crippen molar-refractivity contribution in [1.82, 2.24) is 0 Å². The lowest BCUT2D eigenvalue weighted by Crippen LogP contribution is -2.36. The molecule has 1 fully saturated rings. The van der Waals surface area contributed by atoms with Crippen molar-refractivity contribution in [3.63, 3.8) is 0 Å². The van der Waals surface area contributed by atoms with Gasteiger partial charge in [-0.05, 0) is 73.7 Å². The van der Waals surface area contributed by atoms with Crippen LogP contribution in [-0.2, 0) is 21.2 Å². The number of aryl methyl sites for hydroxylation is 1. The van der Waals surface area contributed by atoms with Gasteiger partial charge in [-0.15, -0.1) is 0 Å². The van der Waals surface area contributed by atoms with E-state index in [0.717, 1.165) is 43.5 Å². The number of fused-ring (bicyclic) bond motifs is 1. The van der Waals surface area contributed by atoms with Crippen LogP contribution in [0.15, 0.2) is 47.4 Å². The van der Waals surface area contributed by atoms with Gasteiger partial charge in [-0.25, -0.2) is 8.42 Å². The fraction of sp³-hybridized carbons (Fsp3) is 0.350. The fourth-order valence-corrected chi connectivity index (χ4v) is 4.46. The van der Waals surface area contributed by atoms with Crippen LogP contribution >= 0.6 is 0 Å². The monoisotopic (exact) mass is 386 g/mol. The van der Waals surface area contributed by atoms with E-state index in [1.807, 2.05) is 17.0 Å². The van der Waals surface area contributed by atoms with Gasteiger partial charge in [0.15, 0.2) is 0 Å². The van der Waals surface area contributed by atoms with E-state index in [9.17, 15) is 13.2 Å². The number of methoxy groups -OCH3 is 1. The first kappa shape index (κ1) is 17.9. The van der Waals surface area contributed by atoms with Crippen molar-refractivity contribution in [3.05, 3.63) is 48.0 Å². The molecule has 2 aromatic rings. The molecule has 0 atom stereocenters. The van der Waals surface area contributed by atoms with Gasteiger partial charge in [0.05, 0.1) is 12.0 Å². The highest BCUT2D eigenvalue weighted by atomic mass is 32.2. The molecule has 6 nitrogen and oxygen atoms in total. The lowest BCUT2D eigenvalue weighted by atomic mass is 10.0. The van der Waals surface area contributed by atoms with Gasteiger partial charge in [0, 0.05) is 23.8 Å². The Kier molecular flexibility index (Phi) is 4.55. The number of nitrogens with zero attached hydrogens (tertiary/aromatic N) is 1. The summed E-state index contributed by atoms with van der Waals surface area (Å²) < 4.78 is 32.9. The van der Waals surface area contributed by atoms with E-state index in [4.69, 9.17) is 4.74 Å². The third kappa shape index (κ3) is 3.64. The number of rotatable bonds is 5. The van der Waals surface area contributed by atoms with Crippen molar-refractivity contribution in [3.8, 4) is 5.75 Å². The van der Waals surface area contributed by atoms with Gasteiger partial charge in [0.2, 0.25) is 5.91 Å². The molecule has 0 spiro atoms. The van der Waals surface area contributed by atoms with E-state index in [1.54, 1.807) is 18.2 Å². The number of sulfonamides is 1. The van der Waals surface area contributed by atoms with E-state index < -0.39 is 10.0 Å². The lowest BCUT2D eigenvalue weighted by Gasteiger charge is -2.30. The van der Waals surface area contributed by atoms with Crippen LogP contribution in [0.1, 0.15) is 24.8 Å². The van der Waals surface area contributed by atoms with Crippen LogP contribution in [0.5, 0.6) is 5.75 Å². The van der Waals surface area contributed by atoms with Crippen molar-refractivity contribution < 1.29 is 17.9 Å². The molecule has 4 rings (SSSR count). The minimum atomic E-state index is -3.68. The summed E-state index contributed by atoms with van der Waals surface area (Å²) in [6.07, 6.45) is 3.68. The molecule has 1 aliphatic heterocycles. The van der Waals surface area contributed by atoms with Crippen molar-refractivity contribution in [2.75, 3.05) is 23.3 Å². The molecule has 1 heterocycles. The van der Waals surface area contributed by atoms with Crippen LogP contribution in [0.4, 0.5) is 11.4 Å². The van der Waals surface area contributed by atoms with Crippen LogP contribution in [0, 0.1) is 5.92 Å². The summed E-state index contributed by atoms with van der Waals surface area (Å²) >= 11 is 0. The number of carbonyl (C=O) groups excluding carboxylic acids is 1. The Morgan fingerprint density at radius 1 is 1.15 bits per heavy atom. The molecule has 0 unspecified atom stereocenters. The van der Waals surface area contributed by atoms with Gasteiger partial charge in [0.1, 0.15) is 5.75 Å². The summed E-state index contributed by atoms with van der Waals surface area (Å²) in [4.78, 5) is 14.5. The van der Waals surface area contributed by atoms with Gasteiger partial charge in [-0.2, -0.15) is 0 Å². The maximum absolute atomic E-state index is 12.6. The Bertz CT molecular complexity index is 966. The van der Waals surface area contributed by atoms with Gasteiger partial charge < -0.3 is 9.64 Å². The zero-order valence-corrected chi connectivity index (χ0v) is 16.0. The zero-order chi connectivity index (χ0) is 19.0. The summed E-state index contributed by atoms with van der Waals surface area (Å²) in [6, 6.07) is 11.7. The summed E-state index contributed by atoms with van der Waals surface area (Å²) in [5, 5.41) is 0. The third-order valence-electron chi connectivity index (χ3n) is 5.01. The minimum Gasteiger partial charge on any atom is -0.497 e. The summed E-state index contributed by atoms with van der Waals surface area (Å²) in [5.74, 6) is 0.967. The Labute approximate surface area is 159 Å². The van der Waals surface area contributed by atoms with Crippen LogP contribution in [-0.4, -0.2) is 28.0 Å². The Morgan fingerprint density at radius 2 is 1.89 bits per heavy atom. The van der Waals surface area contributed by atoms with Crippen LogP contribution in [0.2, 0.25) is 0 Å². The van der Waals surface area contributed by atoms with E-state index in [-0.39, 0.29) is 16.7 Å². The van der Waals surface area contributed by atoms with Crippen LogP contribution in [0.25, 0.3) is 0 Å². The molecule has 1 amide bonds. The maximum atomic E-state index is 12.6. The first-order valence-corrected chi connectivity index (χ1v) is 10.6. The van der Waals surface area contributed by atoms with E-state index in [2.05, 4.69) is 4.72 Å². The SMILES string of the molecule is COc1ccc(S(=O)(=O)Nc2ccc3c(c2)CCCN3C(=O)C2CC2)cc1. The topological polar surface area (TPSA) is 75.7 Å². The first-order chi connectivity index (χ1) is 13.0. The van der Waals surface area contributed by atoms with Crippen molar-refractivity contribution in [1.29, 1.82) is 0 Å². The second-order valence-corrected chi connectivity index (χ2v) is 8.67. The molecule has 7 heteroatoms. The largest absolute Gasteiger partial charge is 0.497 e. The molecule has 2 aromatic carbocycles. The highest BCUT2D eigenvalue weighted by molar-refractivity contribution is 7.92. The fourth-order valence-electron chi connectivity index (χ4n) is 3.41. The van der Waals surface area contributed by atoms with Gasteiger partial charge in [-0.3, -0.25) is 9.52 Å². The smallest absolute Gasteiger partial charge is 0.261 e. The van der Waals surface area contributed by atoms with E-state index >= 15 is 0 Å². The van der Waals surface area contributed by atoms with Gasteiger partial charge >= 0.3 is 0 Å². The molecule has 2 aliphatic rings. The highest BCUT2D eigenvalue weighted by Crippen LogP contribution is 2.36. The first-order valence-electron chi connectivity index (χ1n) is 9.09. The Hall–Kier alpha value is -2.54. The molecule has 27 heavy (non-hydrogen) atoms. The predicted molar refractivity (Wildman–Crippen MR) is 104 cm³/mol. The minimum absolute atomic E-state index is 0.171. The number of benzene rings is 2. The molecule has 0 radical (unpaired) electrons. The number of anilines is 2. The molecule has 142 valence electrons. The summed E-state index contributed by atoms with van der Waals surface area (Å²) in [7, 11) is -2.15. The zero-order valence-electron chi connectivity index (χ0n) is 15.1. The molecular formula is C20H22N2O4S. The van der Waals surface area contributed by atoms with E-state index in [0.29, 0.717) is 11.4 Å². The van der Waals surface area contributed by atoms with Gasteiger partial charge in [-0.1, -0.05) is 0 Å². The molecule has 1 saturated carbocycles. The Morgan fingerprint density at radius 3 is 2.56 bits per heavy atom. The average Bonchev–Trinajstić information content (AvgIpc) is 3.52. The second kappa shape index (κ2) is 6.88. The molecule has 1 aliphatic carbocycles. The number of carbonyl (C=O) groups is 1. The quantitative estimate of drug-likeness (QED) is 0.856. The van der Waals surface area contributed by atoms with Gasteiger partial charge in [0.25, 0.3) is 10.0 Å². The number of amides is 1. The van der Waals surface area contributed by atoms with Crippen molar-refractivity contribution in [2.45, 2.75) is 30.6 Å². The van der Waals surface area contributed by atoms with E-state index in [1.165, 1.54) is 19.2 Å². The molecule has 0 aromatic heterocycles.